The van der Waals surface area contributed by atoms with Crippen molar-refractivity contribution in [3.63, 3.8) is 0 Å². The number of rotatable bonds is 9. The normalized spacial score (nSPS) is 13.8. The van der Waals surface area contributed by atoms with Crippen molar-refractivity contribution in [2.45, 2.75) is 12.8 Å². The van der Waals surface area contributed by atoms with Crippen LogP contribution in [0.4, 0.5) is 11.4 Å². The fourth-order valence-electron chi connectivity index (χ4n) is 3.95. The molecule has 0 radical (unpaired) electrons. The predicted molar refractivity (Wildman–Crippen MR) is 141 cm³/mol. The zero-order valence-corrected chi connectivity index (χ0v) is 20.0. The summed E-state index contributed by atoms with van der Waals surface area (Å²) in [6.45, 7) is 1.11. The van der Waals surface area contributed by atoms with Crippen molar-refractivity contribution in [3.05, 3.63) is 95.7 Å². The molecule has 0 bridgehead atoms. The third kappa shape index (κ3) is 5.43. The minimum absolute atomic E-state index is 0.215. The zero-order valence-electron chi connectivity index (χ0n) is 20.0. The first-order chi connectivity index (χ1) is 17.6. The van der Waals surface area contributed by atoms with E-state index in [1.54, 1.807) is 18.1 Å². The van der Waals surface area contributed by atoms with Gasteiger partial charge in [-0.3, -0.25) is 9.69 Å². The van der Waals surface area contributed by atoms with E-state index in [2.05, 4.69) is 12.1 Å². The SMILES string of the molecule is COc1ccc(N2C(=O)/C(=C/c3ccc(N(CCC#N)CCC#N)cc3)N=C2c2ccccc2)cc1. The van der Waals surface area contributed by atoms with Gasteiger partial charge in [-0.15, -0.1) is 0 Å². The smallest absolute Gasteiger partial charge is 0.282 e. The minimum atomic E-state index is -0.215. The molecule has 0 aromatic heterocycles. The van der Waals surface area contributed by atoms with Crippen LogP contribution in [0.25, 0.3) is 6.08 Å². The van der Waals surface area contributed by atoms with Gasteiger partial charge < -0.3 is 9.64 Å². The molecule has 0 atom stereocenters. The number of hydrogen-bond acceptors (Lipinski definition) is 6. The van der Waals surface area contributed by atoms with E-state index in [9.17, 15) is 4.79 Å². The summed E-state index contributed by atoms with van der Waals surface area (Å²) in [6, 6.07) is 28.9. The molecular formula is C29H25N5O2. The first kappa shape index (κ1) is 24.3. The van der Waals surface area contributed by atoms with E-state index in [-0.39, 0.29) is 5.91 Å². The van der Waals surface area contributed by atoms with Crippen LogP contribution < -0.4 is 14.5 Å². The number of anilines is 2. The maximum atomic E-state index is 13.5. The molecule has 1 aliphatic heterocycles. The van der Waals surface area contributed by atoms with Gasteiger partial charge in [0.1, 0.15) is 17.3 Å². The average Bonchev–Trinajstić information content (AvgIpc) is 3.25. The van der Waals surface area contributed by atoms with Crippen molar-refractivity contribution >= 4 is 29.2 Å². The largest absolute Gasteiger partial charge is 0.497 e. The molecule has 0 saturated carbocycles. The molecule has 7 heteroatoms. The number of amidine groups is 1. The molecule has 0 saturated heterocycles. The Hall–Kier alpha value is -4.88. The molecule has 7 nitrogen and oxygen atoms in total. The Morgan fingerprint density at radius 1 is 0.917 bits per heavy atom. The van der Waals surface area contributed by atoms with Crippen molar-refractivity contribution in [2.75, 3.05) is 30.0 Å². The van der Waals surface area contributed by atoms with E-state index in [0.29, 0.717) is 48.9 Å². The van der Waals surface area contributed by atoms with E-state index in [4.69, 9.17) is 20.3 Å². The van der Waals surface area contributed by atoms with Crippen LogP contribution in [0.3, 0.4) is 0 Å². The van der Waals surface area contributed by atoms with Crippen LogP contribution in [-0.2, 0) is 4.79 Å². The molecule has 3 aromatic rings. The standard InChI is InChI=1S/C29H25N5O2/c1-36-26-15-13-25(14-16-26)34-28(23-7-3-2-4-8-23)32-27(29(34)35)21-22-9-11-24(12-10-22)33(19-5-17-30)20-6-18-31/h2-4,7-16,21H,5-6,19-20H2,1H3/b27-21-. The second-order valence-electron chi connectivity index (χ2n) is 8.06. The van der Waals surface area contributed by atoms with Gasteiger partial charge in [-0.1, -0.05) is 42.5 Å². The number of hydrogen-bond donors (Lipinski definition) is 0. The van der Waals surface area contributed by atoms with Crippen LogP contribution in [0.1, 0.15) is 24.0 Å². The van der Waals surface area contributed by atoms with Crippen molar-refractivity contribution in [1.29, 1.82) is 10.5 Å². The average molecular weight is 476 g/mol. The lowest BCUT2D eigenvalue weighted by molar-refractivity contribution is -0.113. The molecule has 0 fully saturated rings. The maximum absolute atomic E-state index is 13.5. The summed E-state index contributed by atoms with van der Waals surface area (Å²) in [6.07, 6.45) is 2.53. The lowest BCUT2D eigenvalue weighted by Gasteiger charge is -2.22. The van der Waals surface area contributed by atoms with Crippen LogP contribution in [0.5, 0.6) is 5.75 Å². The molecule has 0 spiro atoms. The molecule has 1 amide bonds. The third-order valence-electron chi connectivity index (χ3n) is 5.77. The molecule has 3 aromatic carbocycles. The summed E-state index contributed by atoms with van der Waals surface area (Å²) in [5.74, 6) is 1.05. The van der Waals surface area contributed by atoms with Gasteiger partial charge in [-0.25, -0.2) is 4.99 Å². The van der Waals surface area contributed by atoms with E-state index >= 15 is 0 Å². The van der Waals surface area contributed by atoms with Crippen molar-refractivity contribution in [3.8, 4) is 17.9 Å². The molecular weight excluding hydrogens is 450 g/mol. The Morgan fingerprint density at radius 3 is 2.14 bits per heavy atom. The summed E-state index contributed by atoms with van der Waals surface area (Å²) < 4.78 is 5.26. The second-order valence-corrected chi connectivity index (χ2v) is 8.06. The lowest BCUT2D eigenvalue weighted by atomic mass is 10.1. The highest BCUT2D eigenvalue weighted by atomic mass is 16.5. The Kier molecular flexibility index (Phi) is 7.75. The van der Waals surface area contributed by atoms with Crippen LogP contribution in [-0.4, -0.2) is 31.9 Å². The fraction of sp³-hybridized carbons (Fsp3) is 0.172. The minimum Gasteiger partial charge on any atom is -0.497 e. The van der Waals surface area contributed by atoms with E-state index < -0.39 is 0 Å². The lowest BCUT2D eigenvalue weighted by Crippen LogP contribution is -2.32. The Morgan fingerprint density at radius 2 is 1.56 bits per heavy atom. The van der Waals surface area contributed by atoms with Gasteiger partial charge in [0.05, 0.1) is 37.8 Å². The summed E-state index contributed by atoms with van der Waals surface area (Å²) in [7, 11) is 1.60. The number of nitriles is 2. The van der Waals surface area contributed by atoms with Gasteiger partial charge >= 0.3 is 0 Å². The van der Waals surface area contributed by atoms with E-state index in [1.807, 2.05) is 83.8 Å². The molecule has 0 N–H and O–H groups in total. The molecule has 4 rings (SSSR count). The van der Waals surface area contributed by atoms with Crippen LogP contribution >= 0.6 is 0 Å². The molecule has 0 aliphatic carbocycles. The maximum Gasteiger partial charge on any atom is 0.282 e. The number of amides is 1. The van der Waals surface area contributed by atoms with Gasteiger partial charge in [-0.2, -0.15) is 10.5 Å². The van der Waals surface area contributed by atoms with Crippen LogP contribution in [0, 0.1) is 22.7 Å². The molecule has 1 aliphatic rings. The molecule has 0 unspecified atom stereocenters. The Bertz CT molecular complexity index is 1330. The van der Waals surface area contributed by atoms with Crippen molar-refractivity contribution in [2.24, 2.45) is 4.99 Å². The van der Waals surface area contributed by atoms with Crippen LogP contribution in [0.2, 0.25) is 0 Å². The van der Waals surface area contributed by atoms with Gasteiger partial charge in [0.2, 0.25) is 0 Å². The summed E-state index contributed by atoms with van der Waals surface area (Å²) in [4.78, 5) is 21.8. The Labute approximate surface area is 210 Å². The summed E-state index contributed by atoms with van der Waals surface area (Å²) in [5, 5.41) is 17.9. The number of benzene rings is 3. The van der Waals surface area contributed by atoms with Gasteiger partial charge in [0, 0.05) is 24.3 Å². The highest BCUT2D eigenvalue weighted by Crippen LogP contribution is 2.29. The quantitative estimate of drug-likeness (QED) is 0.399. The number of aliphatic imine (C=N–C) groups is 1. The first-order valence-corrected chi connectivity index (χ1v) is 11.6. The summed E-state index contributed by atoms with van der Waals surface area (Å²) in [5.41, 5.74) is 3.63. The highest BCUT2D eigenvalue weighted by Gasteiger charge is 2.32. The number of carbonyl (C=O) groups is 1. The van der Waals surface area contributed by atoms with Gasteiger partial charge in [-0.05, 0) is 48.0 Å². The van der Waals surface area contributed by atoms with E-state index in [0.717, 1.165) is 16.8 Å². The highest BCUT2D eigenvalue weighted by molar-refractivity contribution is 6.33. The van der Waals surface area contributed by atoms with Gasteiger partial charge in [0.25, 0.3) is 5.91 Å². The number of ether oxygens (including phenoxy) is 1. The number of nitrogens with zero attached hydrogens (tertiary/aromatic N) is 5. The van der Waals surface area contributed by atoms with Crippen molar-refractivity contribution < 1.29 is 9.53 Å². The number of methoxy groups -OCH3 is 1. The monoisotopic (exact) mass is 475 g/mol. The molecule has 178 valence electrons. The zero-order chi connectivity index (χ0) is 25.3. The van der Waals surface area contributed by atoms with Crippen molar-refractivity contribution in [1.82, 2.24) is 0 Å². The third-order valence-corrected chi connectivity index (χ3v) is 5.77. The fourth-order valence-corrected chi connectivity index (χ4v) is 3.95. The van der Waals surface area contributed by atoms with Crippen LogP contribution in [0.15, 0.2) is 89.6 Å². The second kappa shape index (κ2) is 11.5. The summed E-state index contributed by atoms with van der Waals surface area (Å²) >= 11 is 0. The topological polar surface area (TPSA) is 92.7 Å². The number of carbonyl (C=O) groups excluding carboxylic acids is 1. The van der Waals surface area contributed by atoms with Gasteiger partial charge in [0.15, 0.2) is 0 Å². The molecule has 1 heterocycles. The predicted octanol–water partition coefficient (Wildman–Crippen LogP) is 5.16. The molecule has 36 heavy (non-hydrogen) atoms. The Balaban J connectivity index is 1.65. The van der Waals surface area contributed by atoms with E-state index in [1.165, 1.54) is 0 Å². The first-order valence-electron chi connectivity index (χ1n) is 11.6.